The van der Waals surface area contributed by atoms with E-state index < -0.39 is 15.9 Å². The second-order valence-electron chi connectivity index (χ2n) is 5.32. The maximum atomic E-state index is 12.4. The topological polar surface area (TPSA) is 92.0 Å². The van der Waals surface area contributed by atoms with Crippen LogP contribution in [-0.2, 0) is 14.8 Å². The molecule has 0 saturated heterocycles. The third-order valence-corrected chi connectivity index (χ3v) is 5.06. The normalized spacial score (nSPS) is 12.0. The number of aryl methyl sites for hydroxylation is 2. The molecule has 1 aromatic carbocycles. The summed E-state index contributed by atoms with van der Waals surface area (Å²) in [6, 6.07) is 9.91. The molecule has 1 N–H and O–H groups in total. The van der Waals surface area contributed by atoms with Crippen molar-refractivity contribution >= 4 is 22.1 Å². The van der Waals surface area contributed by atoms with Gasteiger partial charge in [-0.2, -0.15) is 9.41 Å². The smallest absolute Gasteiger partial charge is 0.255 e. The Balaban J connectivity index is 1.95. The Morgan fingerprint density at radius 3 is 2.46 bits per heavy atom. The first-order valence-corrected chi connectivity index (χ1v) is 8.64. The van der Waals surface area contributed by atoms with Gasteiger partial charge in [0.1, 0.15) is 11.5 Å². The van der Waals surface area contributed by atoms with Crippen LogP contribution in [0.25, 0.3) is 0 Å². The van der Waals surface area contributed by atoms with E-state index in [2.05, 4.69) is 10.5 Å². The molecule has 0 unspecified atom stereocenters. The van der Waals surface area contributed by atoms with Gasteiger partial charge in [-0.05, 0) is 38.1 Å². The van der Waals surface area contributed by atoms with Crippen molar-refractivity contribution < 1.29 is 17.6 Å². The molecule has 0 aliphatic heterocycles. The molecule has 1 aromatic heterocycles. The van der Waals surface area contributed by atoms with Gasteiger partial charge in [0.05, 0.1) is 17.7 Å². The van der Waals surface area contributed by atoms with Gasteiger partial charge in [0.15, 0.2) is 0 Å². The van der Waals surface area contributed by atoms with Crippen LogP contribution < -0.4 is 5.43 Å². The van der Waals surface area contributed by atoms with Crippen LogP contribution in [0.5, 0.6) is 0 Å². The van der Waals surface area contributed by atoms with E-state index in [1.165, 1.54) is 25.4 Å². The number of nitrogens with zero attached hydrogens (tertiary/aromatic N) is 2. The summed E-state index contributed by atoms with van der Waals surface area (Å²) in [5, 5.41) is 3.73. The van der Waals surface area contributed by atoms with Crippen LogP contribution in [-0.4, -0.2) is 38.4 Å². The molecule has 0 spiro atoms. The van der Waals surface area contributed by atoms with Crippen LogP contribution in [0.2, 0.25) is 0 Å². The van der Waals surface area contributed by atoms with Crippen LogP contribution in [0.3, 0.4) is 0 Å². The number of benzene rings is 1. The van der Waals surface area contributed by atoms with Crippen molar-refractivity contribution in [3.8, 4) is 0 Å². The molecule has 0 bridgehead atoms. The van der Waals surface area contributed by atoms with Gasteiger partial charge in [-0.25, -0.2) is 13.8 Å². The number of furan rings is 1. The zero-order valence-electron chi connectivity index (χ0n) is 13.7. The number of likely N-dealkylation sites (N-methyl/N-ethyl adjacent to an activating group) is 1. The minimum atomic E-state index is -3.72. The highest BCUT2D eigenvalue weighted by Gasteiger charge is 2.22. The maximum absolute atomic E-state index is 12.4. The van der Waals surface area contributed by atoms with Crippen molar-refractivity contribution in [3.05, 3.63) is 53.5 Å². The Morgan fingerprint density at radius 1 is 1.21 bits per heavy atom. The number of sulfonamides is 1. The number of hydrogen-bond donors (Lipinski definition) is 1. The number of hydrazone groups is 1. The summed E-state index contributed by atoms with van der Waals surface area (Å²) >= 11 is 0. The molecule has 1 amide bonds. The molecular weight excluding hydrogens is 330 g/mol. The molecule has 0 atom stereocenters. The summed E-state index contributed by atoms with van der Waals surface area (Å²) in [7, 11) is -2.38. The minimum Gasteiger partial charge on any atom is -0.460 e. The quantitative estimate of drug-likeness (QED) is 0.634. The lowest BCUT2D eigenvalue weighted by atomic mass is 10.2. The minimum absolute atomic E-state index is 0.137. The van der Waals surface area contributed by atoms with Crippen molar-refractivity contribution in [3.63, 3.8) is 0 Å². The largest absolute Gasteiger partial charge is 0.460 e. The molecule has 128 valence electrons. The summed E-state index contributed by atoms with van der Waals surface area (Å²) in [6.45, 7) is 3.32. The molecule has 0 saturated carbocycles. The van der Waals surface area contributed by atoms with E-state index >= 15 is 0 Å². The van der Waals surface area contributed by atoms with Crippen molar-refractivity contribution in [1.29, 1.82) is 0 Å². The van der Waals surface area contributed by atoms with Gasteiger partial charge >= 0.3 is 0 Å². The molecule has 0 fully saturated rings. The number of rotatable bonds is 6. The third-order valence-electron chi connectivity index (χ3n) is 3.24. The average Bonchev–Trinajstić information content (AvgIpc) is 2.93. The van der Waals surface area contributed by atoms with Crippen LogP contribution >= 0.6 is 0 Å². The van der Waals surface area contributed by atoms with E-state index in [0.717, 1.165) is 15.6 Å². The fourth-order valence-electron chi connectivity index (χ4n) is 1.90. The monoisotopic (exact) mass is 349 g/mol. The molecule has 2 aromatic rings. The highest BCUT2D eigenvalue weighted by molar-refractivity contribution is 7.89. The summed E-state index contributed by atoms with van der Waals surface area (Å²) in [5.41, 5.74) is 3.22. The summed E-state index contributed by atoms with van der Waals surface area (Å²) in [5.74, 6) is 0.674. The predicted octanol–water partition coefficient (Wildman–Crippen LogP) is 1.67. The predicted molar refractivity (Wildman–Crippen MR) is 90.2 cm³/mol. The van der Waals surface area contributed by atoms with E-state index in [-0.39, 0.29) is 11.4 Å². The zero-order valence-corrected chi connectivity index (χ0v) is 14.5. The first-order valence-electron chi connectivity index (χ1n) is 7.20. The van der Waals surface area contributed by atoms with Gasteiger partial charge in [-0.15, -0.1) is 0 Å². The zero-order chi connectivity index (χ0) is 17.7. The molecular formula is C16H19N3O4S. The van der Waals surface area contributed by atoms with Crippen LogP contribution in [0.15, 0.2) is 50.8 Å². The molecule has 0 aliphatic rings. The molecule has 2 rings (SSSR count). The molecule has 0 aliphatic carbocycles. The fourth-order valence-corrected chi connectivity index (χ4v) is 3.03. The summed E-state index contributed by atoms with van der Waals surface area (Å²) in [6.07, 6.45) is 1.35. The van der Waals surface area contributed by atoms with E-state index in [1.807, 2.05) is 6.92 Å². The van der Waals surface area contributed by atoms with Crippen LogP contribution in [0.1, 0.15) is 17.1 Å². The molecule has 0 radical (unpaired) electrons. The first-order chi connectivity index (χ1) is 11.3. The molecule has 7 nitrogen and oxygen atoms in total. The summed E-state index contributed by atoms with van der Waals surface area (Å²) in [4.78, 5) is 12.0. The van der Waals surface area contributed by atoms with Gasteiger partial charge in [-0.1, -0.05) is 17.7 Å². The van der Waals surface area contributed by atoms with Crippen molar-refractivity contribution in [2.45, 2.75) is 18.7 Å². The average molecular weight is 349 g/mol. The Hall–Kier alpha value is -2.45. The first kappa shape index (κ1) is 17.9. The Morgan fingerprint density at radius 2 is 1.88 bits per heavy atom. The molecule has 1 heterocycles. The number of carbonyl (C=O) groups excluding carboxylic acids is 1. The molecule has 8 heteroatoms. The standard InChI is InChI=1S/C16H19N3O4S/c1-12-4-8-15(9-5-12)24(21,22)19(3)11-16(20)18-17-10-14-7-6-13(2)23-14/h4-10H,11H2,1-3H3,(H,18,20). The van der Waals surface area contributed by atoms with Gasteiger partial charge in [0, 0.05) is 7.05 Å². The maximum Gasteiger partial charge on any atom is 0.255 e. The molecule has 24 heavy (non-hydrogen) atoms. The van der Waals surface area contributed by atoms with E-state index in [4.69, 9.17) is 4.42 Å². The second-order valence-corrected chi connectivity index (χ2v) is 7.36. The van der Waals surface area contributed by atoms with Gasteiger partial charge in [0.25, 0.3) is 5.91 Å². The van der Waals surface area contributed by atoms with Gasteiger partial charge in [-0.3, -0.25) is 4.79 Å². The van der Waals surface area contributed by atoms with Crippen molar-refractivity contribution in [2.24, 2.45) is 5.10 Å². The second kappa shape index (κ2) is 7.41. The number of hydrogen-bond acceptors (Lipinski definition) is 5. The highest BCUT2D eigenvalue weighted by atomic mass is 32.2. The SMILES string of the molecule is Cc1ccc(S(=O)(=O)N(C)CC(=O)NN=Cc2ccc(C)o2)cc1. The van der Waals surface area contributed by atoms with Gasteiger partial charge in [0.2, 0.25) is 10.0 Å². The lowest BCUT2D eigenvalue weighted by molar-refractivity contribution is -0.121. The Bertz CT molecular complexity index is 838. The van der Waals surface area contributed by atoms with Crippen LogP contribution in [0.4, 0.5) is 0 Å². The third kappa shape index (κ3) is 4.53. The fraction of sp³-hybridized carbons (Fsp3) is 0.250. The Kier molecular flexibility index (Phi) is 5.53. The van der Waals surface area contributed by atoms with Crippen LogP contribution in [0, 0.1) is 13.8 Å². The lowest BCUT2D eigenvalue weighted by Crippen LogP contribution is -2.36. The number of nitrogens with one attached hydrogen (secondary N) is 1. The van der Waals surface area contributed by atoms with E-state index in [1.54, 1.807) is 31.2 Å². The van der Waals surface area contributed by atoms with E-state index in [9.17, 15) is 13.2 Å². The van der Waals surface area contributed by atoms with E-state index in [0.29, 0.717) is 5.76 Å². The highest BCUT2D eigenvalue weighted by Crippen LogP contribution is 2.14. The Labute approximate surface area is 141 Å². The number of amides is 1. The van der Waals surface area contributed by atoms with Crippen molar-refractivity contribution in [1.82, 2.24) is 9.73 Å². The lowest BCUT2D eigenvalue weighted by Gasteiger charge is -2.16. The summed E-state index contributed by atoms with van der Waals surface area (Å²) < 4.78 is 31.0. The van der Waals surface area contributed by atoms with Gasteiger partial charge < -0.3 is 4.42 Å². The van der Waals surface area contributed by atoms with Crippen molar-refractivity contribution in [2.75, 3.05) is 13.6 Å². The number of carbonyl (C=O) groups is 1.